The van der Waals surface area contributed by atoms with Gasteiger partial charge in [0.25, 0.3) is 5.91 Å². The monoisotopic (exact) mass is 130 g/mol. The van der Waals surface area contributed by atoms with Crippen LogP contribution in [0.15, 0.2) is 4.99 Å². The molecule has 0 aromatic heterocycles. The van der Waals surface area contributed by atoms with Gasteiger partial charge in [0.15, 0.2) is 0 Å². The highest BCUT2D eigenvalue weighted by atomic mass is 16.3. The van der Waals surface area contributed by atoms with E-state index in [1.165, 1.54) is 6.21 Å². The van der Waals surface area contributed by atoms with Crippen molar-refractivity contribution in [1.82, 2.24) is 0 Å². The van der Waals surface area contributed by atoms with Crippen LogP contribution < -0.4 is 5.73 Å². The Bertz CT molecular complexity index is 122. The molecule has 0 bridgehead atoms. The van der Waals surface area contributed by atoms with E-state index in [2.05, 4.69) is 4.99 Å². The predicted molar refractivity (Wildman–Crippen MR) is 34.2 cm³/mol. The van der Waals surface area contributed by atoms with Gasteiger partial charge in [-0.15, -0.1) is 0 Å². The lowest BCUT2D eigenvalue weighted by molar-refractivity contribution is -0.119. The molecule has 0 fully saturated rings. The second-order valence-electron chi connectivity index (χ2n) is 1.51. The number of carbonyl (C=O) groups is 1. The number of amides is 1. The zero-order valence-electron chi connectivity index (χ0n) is 5.24. The third-order valence-electron chi connectivity index (χ3n) is 0.770. The Hall–Kier alpha value is -0.740. The van der Waals surface area contributed by atoms with E-state index in [9.17, 15) is 4.79 Å². The summed E-state index contributed by atoms with van der Waals surface area (Å²) in [7, 11) is 0. The number of aliphatic hydroxyl groups excluding tert-OH is 1. The van der Waals surface area contributed by atoms with Crippen molar-refractivity contribution in [3.63, 3.8) is 0 Å². The standard InChI is InChI=1S/C5H10N2O2/c1-2-7-5(9)4(6)3-8/h2,4,8H,3,6H2,1H3/t4-/m1/s1. The van der Waals surface area contributed by atoms with Crippen LogP contribution in [0.2, 0.25) is 0 Å². The van der Waals surface area contributed by atoms with E-state index < -0.39 is 11.9 Å². The molecule has 0 rings (SSSR count). The van der Waals surface area contributed by atoms with E-state index in [-0.39, 0.29) is 6.61 Å². The zero-order chi connectivity index (χ0) is 7.28. The van der Waals surface area contributed by atoms with Gasteiger partial charge >= 0.3 is 0 Å². The highest BCUT2D eigenvalue weighted by Gasteiger charge is 2.07. The molecule has 0 aromatic carbocycles. The Morgan fingerprint density at radius 1 is 2.00 bits per heavy atom. The van der Waals surface area contributed by atoms with Crippen LogP contribution in [-0.4, -0.2) is 29.9 Å². The van der Waals surface area contributed by atoms with Crippen molar-refractivity contribution in [2.24, 2.45) is 10.7 Å². The minimum absolute atomic E-state index is 0.351. The number of nitrogens with zero attached hydrogens (tertiary/aromatic N) is 1. The van der Waals surface area contributed by atoms with Gasteiger partial charge < -0.3 is 10.8 Å². The molecule has 52 valence electrons. The first kappa shape index (κ1) is 8.26. The molecule has 4 heteroatoms. The number of hydrogen-bond acceptors (Lipinski definition) is 3. The summed E-state index contributed by atoms with van der Waals surface area (Å²) in [5, 5.41) is 8.31. The molecule has 0 aliphatic heterocycles. The van der Waals surface area contributed by atoms with Gasteiger partial charge in [0, 0.05) is 6.21 Å². The van der Waals surface area contributed by atoms with Crippen molar-refractivity contribution >= 4 is 12.1 Å². The molecular weight excluding hydrogens is 120 g/mol. The van der Waals surface area contributed by atoms with E-state index >= 15 is 0 Å². The van der Waals surface area contributed by atoms with Gasteiger partial charge in [-0.05, 0) is 6.92 Å². The Balaban J connectivity index is 3.73. The van der Waals surface area contributed by atoms with Crippen LogP contribution in [-0.2, 0) is 4.79 Å². The van der Waals surface area contributed by atoms with Crippen molar-refractivity contribution in [1.29, 1.82) is 0 Å². The summed E-state index contributed by atoms with van der Waals surface area (Å²) in [6.07, 6.45) is 1.35. The lowest BCUT2D eigenvalue weighted by atomic mass is 10.3. The van der Waals surface area contributed by atoms with E-state index in [1.807, 2.05) is 0 Å². The number of hydrogen-bond donors (Lipinski definition) is 2. The van der Waals surface area contributed by atoms with Gasteiger partial charge in [0.2, 0.25) is 0 Å². The average molecular weight is 130 g/mol. The van der Waals surface area contributed by atoms with Crippen LogP contribution >= 0.6 is 0 Å². The third-order valence-corrected chi connectivity index (χ3v) is 0.770. The largest absolute Gasteiger partial charge is 0.394 e. The Kier molecular flexibility index (Phi) is 3.83. The number of aliphatic hydroxyl groups is 1. The molecule has 0 unspecified atom stereocenters. The maximum atomic E-state index is 10.5. The van der Waals surface area contributed by atoms with E-state index in [4.69, 9.17) is 10.8 Å². The second-order valence-corrected chi connectivity index (χ2v) is 1.51. The summed E-state index contributed by atoms with van der Waals surface area (Å²) in [5.41, 5.74) is 5.09. The lowest BCUT2D eigenvalue weighted by Crippen LogP contribution is -2.32. The van der Waals surface area contributed by atoms with Crippen molar-refractivity contribution in [2.45, 2.75) is 13.0 Å². The zero-order valence-corrected chi connectivity index (χ0v) is 5.24. The Morgan fingerprint density at radius 2 is 2.56 bits per heavy atom. The predicted octanol–water partition coefficient (Wildman–Crippen LogP) is -1.08. The first-order valence-corrected chi connectivity index (χ1v) is 2.61. The van der Waals surface area contributed by atoms with Crippen molar-refractivity contribution < 1.29 is 9.90 Å². The molecule has 0 heterocycles. The van der Waals surface area contributed by atoms with E-state index in [1.54, 1.807) is 6.92 Å². The van der Waals surface area contributed by atoms with Gasteiger partial charge in [0.1, 0.15) is 6.04 Å². The Morgan fingerprint density at radius 3 is 2.89 bits per heavy atom. The van der Waals surface area contributed by atoms with Gasteiger partial charge in [-0.25, -0.2) is 4.99 Å². The molecule has 0 aliphatic carbocycles. The number of nitrogens with two attached hydrogens (primary N) is 1. The SMILES string of the molecule is CC=NC(=O)[C@H](N)CO. The van der Waals surface area contributed by atoms with Crippen molar-refractivity contribution in [3.05, 3.63) is 0 Å². The summed E-state index contributed by atoms with van der Waals surface area (Å²) in [4.78, 5) is 13.8. The summed E-state index contributed by atoms with van der Waals surface area (Å²) in [5.74, 6) is -0.486. The van der Waals surface area contributed by atoms with Gasteiger partial charge in [0.05, 0.1) is 6.61 Å². The van der Waals surface area contributed by atoms with Crippen LogP contribution in [0, 0.1) is 0 Å². The maximum absolute atomic E-state index is 10.5. The molecule has 0 radical (unpaired) electrons. The molecule has 3 N–H and O–H groups in total. The molecule has 1 atom stereocenters. The number of carbonyl (C=O) groups excluding carboxylic acids is 1. The molecule has 0 saturated carbocycles. The van der Waals surface area contributed by atoms with Crippen molar-refractivity contribution in [2.75, 3.05) is 6.61 Å². The van der Waals surface area contributed by atoms with Gasteiger partial charge in [-0.2, -0.15) is 0 Å². The van der Waals surface area contributed by atoms with Crippen LogP contribution in [0.4, 0.5) is 0 Å². The van der Waals surface area contributed by atoms with Gasteiger partial charge in [-0.1, -0.05) is 0 Å². The first-order chi connectivity index (χ1) is 4.22. The number of aliphatic imine (C=N–C) groups is 1. The normalized spacial score (nSPS) is 14.1. The van der Waals surface area contributed by atoms with Crippen LogP contribution in [0.3, 0.4) is 0 Å². The summed E-state index contributed by atoms with van der Waals surface area (Å²) >= 11 is 0. The van der Waals surface area contributed by atoms with Crippen molar-refractivity contribution in [3.8, 4) is 0 Å². The molecule has 1 amide bonds. The van der Waals surface area contributed by atoms with Gasteiger partial charge in [-0.3, -0.25) is 4.79 Å². The highest BCUT2D eigenvalue weighted by Crippen LogP contribution is 1.79. The molecule has 0 saturated heterocycles. The first-order valence-electron chi connectivity index (χ1n) is 2.61. The van der Waals surface area contributed by atoms with Crippen LogP contribution in [0.5, 0.6) is 0 Å². The van der Waals surface area contributed by atoms with E-state index in [0.29, 0.717) is 0 Å². The molecule has 4 nitrogen and oxygen atoms in total. The molecular formula is C5H10N2O2. The average Bonchev–Trinajstić information content (AvgIpc) is 1.87. The lowest BCUT2D eigenvalue weighted by Gasteiger charge is -1.99. The minimum atomic E-state index is -0.860. The minimum Gasteiger partial charge on any atom is -0.394 e. The topological polar surface area (TPSA) is 75.7 Å². The Labute approximate surface area is 53.4 Å². The van der Waals surface area contributed by atoms with E-state index in [0.717, 1.165) is 0 Å². The van der Waals surface area contributed by atoms with Crippen LogP contribution in [0.1, 0.15) is 6.92 Å². The quantitative estimate of drug-likeness (QED) is 0.467. The highest BCUT2D eigenvalue weighted by molar-refractivity contribution is 5.88. The molecule has 0 aliphatic rings. The summed E-state index contributed by atoms with van der Waals surface area (Å²) in [6, 6.07) is -0.860. The smallest absolute Gasteiger partial charge is 0.264 e. The third kappa shape index (κ3) is 2.94. The number of rotatable bonds is 2. The summed E-state index contributed by atoms with van der Waals surface area (Å²) < 4.78 is 0. The fourth-order valence-electron chi connectivity index (χ4n) is 0.301. The molecule has 0 spiro atoms. The summed E-state index contributed by atoms with van der Waals surface area (Å²) in [6.45, 7) is 1.26. The molecule has 9 heavy (non-hydrogen) atoms. The molecule has 0 aromatic rings. The van der Waals surface area contributed by atoms with Crippen LogP contribution in [0.25, 0.3) is 0 Å². The fraction of sp³-hybridized carbons (Fsp3) is 0.600. The maximum Gasteiger partial charge on any atom is 0.264 e. The fourth-order valence-corrected chi connectivity index (χ4v) is 0.301. The second kappa shape index (κ2) is 4.17.